The van der Waals surface area contributed by atoms with Crippen molar-refractivity contribution in [3.8, 4) is 0 Å². The molecule has 0 radical (unpaired) electrons. The van der Waals surface area contributed by atoms with Gasteiger partial charge in [0, 0.05) is 25.7 Å². The molecule has 2 atom stereocenters. The fourth-order valence-corrected chi connectivity index (χ4v) is 2.48. The molecule has 0 aromatic heterocycles. The van der Waals surface area contributed by atoms with E-state index in [-0.39, 0.29) is 30.2 Å². The summed E-state index contributed by atoms with van der Waals surface area (Å²) < 4.78 is 12.9. The van der Waals surface area contributed by atoms with E-state index in [0.717, 1.165) is 25.2 Å². The summed E-state index contributed by atoms with van der Waals surface area (Å²) in [5.74, 6) is -0.252. The maximum atomic E-state index is 12.9. The molecular weight excluding hydrogens is 293 g/mol. The van der Waals surface area contributed by atoms with E-state index in [4.69, 9.17) is 0 Å². The van der Waals surface area contributed by atoms with E-state index in [1.165, 1.54) is 12.1 Å². The minimum absolute atomic E-state index is 0. The zero-order chi connectivity index (χ0) is 14.5. The number of hydrogen-bond donors (Lipinski definition) is 2. The second-order valence-electron chi connectivity index (χ2n) is 5.43. The Morgan fingerprint density at radius 1 is 1.48 bits per heavy atom. The summed E-state index contributed by atoms with van der Waals surface area (Å²) in [4.78, 5) is 14.2. The van der Waals surface area contributed by atoms with Crippen molar-refractivity contribution in [3.63, 3.8) is 0 Å². The third-order valence-corrected chi connectivity index (χ3v) is 3.57. The van der Waals surface area contributed by atoms with Crippen molar-refractivity contribution in [2.75, 3.05) is 26.2 Å². The van der Waals surface area contributed by atoms with Crippen LogP contribution in [-0.2, 0) is 4.79 Å². The SMILES string of the molecule is CC1CN(CC(=O)NC(C)c2ccc(F)cc2)CCN1.Cl. The molecule has 2 N–H and O–H groups in total. The fraction of sp³-hybridized carbons (Fsp3) is 0.533. The number of carbonyl (C=O) groups is 1. The molecule has 4 nitrogen and oxygen atoms in total. The molecule has 0 aliphatic carbocycles. The first-order chi connectivity index (χ1) is 9.54. The van der Waals surface area contributed by atoms with Crippen molar-refractivity contribution in [1.82, 2.24) is 15.5 Å². The van der Waals surface area contributed by atoms with E-state index in [1.807, 2.05) is 6.92 Å². The van der Waals surface area contributed by atoms with Crippen LogP contribution in [0.15, 0.2) is 24.3 Å². The van der Waals surface area contributed by atoms with E-state index in [1.54, 1.807) is 12.1 Å². The van der Waals surface area contributed by atoms with Crippen LogP contribution < -0.4 is 10.6 Å². The highest BCUT2D eigenvalue weighted by Crippen LogP contribution is 2.12. The maximum Gasteiger partial charge on any atom is 0.234 e. The van der Waals surface area contributed by atoms with Gasteiger partial charge in [0.1, 0.15) is 5.82 Å². The molecule has 1 saturated heterocycles. The molecular formula is C15H23ClFN3O. The number of hydrogen-bond acceptors (Lipinski definition) is 3. The summed E-state index contributed by atoms with van der Waals surface area (Å²) in [6, 6.07) is 6.54. The molecule has 0 bridgehead atoms. The van der Waals surface area contributed by atoms with Crippen molar-refractivity contribution >= 4 is 18.3 Å². The number of halogens is 2. The van der Waals surface area contributed by atoms with Crippen LogP contribution in [0.2, 0.25) is 0 Å². The highest BCUT2D eigenvalue weighted by Gasteiger charge is 2.18. The minimum atomic E-state index is -0.262. The third-order valence-electron chi connectivity index (χ3n) is 3.57. The zero-order valence-electron chi connectivity index (χ0n) is 12.4. The summed E-state index contributed by atoms with van der Waals surface area (Å²) in [5.41, 5.74) is 0.911. The van der Waals surface area contributed by atoms with Crippen LogP contribution in [0.5, 0.6) is 0 Å². The van der Waals surface area contributed by atoms with Gasteiger partial charge in [-0.2, -0.15) is 0 Å². The molecule has 1 aromatic carbocycles. The number of rotatable bonds is 4. The lowest BCUT2D eigenvalue weighted by atomic mass is 10.1. The van der Waals surface area contributed by atoms with Gasteiger partial charge in [0.15, 0.2) is 0 Å². The van der Waals surface area contributed by atoms with Crippen LogP contribution in [-0.4, -0.2) is 43.0 Å². The van der Waals surface area contributed by atoms with Gasteiger partial charge in [-0.3, -0.25) is 9.69 Å². The molecule has 1 fully saturated rings. The van der Waals surface area contributed by atoms with Crippen LogP contribution in [0, 0.1) is 5.82 Å². The molecule has 1 aliphatic heterocycles. The number of benzene rings is 1. The Morgan fingerprint density at radius 3 is 2.76 bits per heavy atom. The van der Waals surface area contributed by atoms with Crippen molar-refractivity contribution in [2.24, 2.45) is 0 Å². The van der Waals surface area contributed by atoms with E-state index in [0.29, 0.717) is 12.6 Å². The van der Waals surface area contributed by atoms with Crippen LogP contribution >= 0.6 is 12.4 Å². The number of amides is 1. The molecule has 6 heteroatoms. The average Bonchev–Trinajstić information content (AvgIpc) is 2.39. The highest BCUT2D eigenvalue weighted by molar-refractivity contribution is 5.85. The largest absolute Gasteiger partial charge is 0.348 e. The predicted molar refractivity (Wildman–Crippen MR) is 84.1 cm³/mol. The monoisotopic (exact) mass is 315 g/mol. The van der Waals surface area contributed by atoms with Gasteiger partial charge in [-0.25, -0.2) is 4.39 Å². The van der Waals surface area contributed by atoms with Crippen LogP contribution in [0.3, 0.4) is 0 Å². The molecule has 1 aromatic rings. The standard InChI is InChI=1S/C15H22FN3O.ClH/c1-11-9-19(8-7-17-11)10-15(20)18-12(2)13-3-5-14(16)6-4-13;/h3-6,11-12,17H,7-10H2,1-2H3,(H,18,20);1H. The molecule has 0 saturated carbocycles. The summed E-state index contributed by atoms with van der Waals surface area (Å²) in [6.45, 7) is 7.14. The van der Waals surface area contributed by atoms with Gasteiger partial charge in [0.2, 0.25) is 5.91 Å². The van der Waals surface area contributed by atoms with Crippen molar-refractivity contribution < 1.29 is 9.18 Å². The Bertz CT molecular complexity index is 455. The highest BCUT2D eigenvalue weighted by atomic mass is 35.5. The zero-order valence-corrected chi connectivity index (χ0v) is 13.3. The lowest BCUT2D eigenvalue weighted by Gasteiger charge is -2.31. The van der Waals surface area contributed by atoms with Crippen LogP contribution in [0.1, 0.15) is 25.5 Å². The summed E-state index contributed by atoms with van der Waals surface area (Å²) in [6.07, 6.45) is 0. The Kier molecular flexibility index (Phi) is 7.08. The second-order valence-corrected chi connectivity index (χ2v) is 5.43. The van der Waals surface area contributed by atoms with Crippen molar-refractivity contribution in [1.29, 1.82) is 0 Å². The second kappa shape index (κ2) is 8.32. The van der Waals surface area contributed by atoms with Gasteiger partial charge in [-0.05, 0) is 31.5 Å². The molecule has 118 valence electrons. The molecule has 1 aliphatic rings. The molecule has 2 rings (SSSR count). The van der Waals surface area contributed by atoms with Crippen molar-refractivity contribution in [3.05, 3.63) is 35.6 Å². The van der Waals surface area contributed by atoms with E-state index in [9.17, 15) is 9.18 Å². The average molecular weight is 316 g/mol. The van der Waals surface area contributed by atoms with Crippen molar-refractivity contribution in [2.45, 2.75) is 25.9 Å². The molecule has 0 spiro atoms. The molecule has 1 amide bonds. The summed E-state index contributed by atoms with van der Waals surface area (Å²) in [7, 11) is 0. The first-order valence-corrected chi connectivity index (χ1v) is 7.05. The minimum Gasteiger partial charge on any atom is -0.348 e. The van der Waals surface area contributed by atoms with E-state index in [2.05, 4.69) is 22.5 Å². The quantitative estimate of drug-likeness (QED) is 0.889. The number of piperazine rings is 1. The first-order valence-electron chi connectivity index (χ1n) is 7.05. The van der Waals surface area contributed by atoms with Gasteiger partial charge < -0.3 is 10.6 Å². The van der Waals surface area contributed by atoms with E-state index < -0.39 is 0 Å². The number of nitrogens with zero attached hydrogens (tertiary/aromatic N) is 1. The number of carbonyl (C=O) groups excluding carboxylic acids is 1. The smallest absolute Gasteiger partial charge is 0.234 e. The molecule has 21 heavy (non-hydrogen) atoms. The Morgan fingerprint density at radius 2 is 2.14 bits per heavy atom. The van der Waals surface area contributed by atoms with Crippen LogP contribution in [0.4, 0.5) is 4.39 Å². The summed E-state index contributed by atoms with van der Waals surface area (Å²) >= 11 is 0. The fourth-order valence-electron chi connectivity index (χ4n) is 2.48. The van der Waals surface area contributed by atoms with Gasteiger partial charge in [0.25, 0.3) is 0 Å². The number of nitrogens with one attached hydrogen (secondary N) is 2. The Hall–Kier alpha value is -1.17. The Labute approximate surface area is 131 Å². The van der Waals surface area contributed by atoms with Gasteiger partial charge >= 0.3 is 0 Å². The van der Waals surface area contributed by atoms with Crippen LogP contribution in [0.25, 0.3) is 0 Å². The van der Waals surface area contributed by atoms with Gasteiger partial charge in [0.05, 0.1) is 12.6 Å². The normalized spacial score (nSPS) is 20.4. The Balaban J connectivity index is 0.00000220. The third kappa shape index (κ3) is 5.61. The van der Waals surface area contributed by atoms with Gasteiger partial charge in [-0.1, -0.05) is 12.1 Å². The molecule has 2 unspecified atom stereocenters. The lowest BCUT2D eigenvalue weighted by molar-refractivity contribution is -0.123. The molecule has 1 heterocycles. The first kappa shape index (κ1) is 17.9. The van der Waals surface area contributed by atoms with E-state index >= 15 is 0 Å². The maximum absolute atomic E-state index is 12.9. The topological polar surface area (TPSA) is 44.4 Å². The van der Waals surface area contributed by atoms with Gasteiger partial charge in [-0.15, -0.1) is 12.4 Å². The lowest BCUT2D eigenvalue weighted by Crippen LogP contribution is -2.51. The predicted octanol–water partition coefficient (Wildman–Crippen LogP) is 1.72. The summed E-state index contributed by atoms with van der Waals surface area (Å²) in [5, 5.41) is 6.30.